The molecular formula is C16H19N5O3. The molecule has 1 amide bonds. The fourth-order valence-corrected chi connectivity index (χ4v) is 3.02. The summed E-state index contributed by atoms with van der Waals surface area (Å²) in [6, 6.07) is 6.28. The van der Waals surface area contributed by atoms with Gasteiger partial charge in [-0.1, -0.05) is 30.5 Å². The van der Waals surface area contributed by atoms with Crippen LogP contribution in [0.3, 0.4) is 0 Å². The van der Waals surface area contributed by atoms with Crippen LogP contribution in [0, 0.1) is 17.0 Å². The maximum Gasteiger partial charge on any atom is 0.273 e. The molecule has 24 heavy (non-hydrogen) atoms. The molecular weight excluding hydrogens is 310 g/mol. The Labute approximate surface area is 139 Å². The normalized spacial score (nSPS) is 15.2. The van der Waals surface area contributed by atoms with Crippen LogP contribution in [0.5, 0.6) is 0 Å². The number of nitrogens with zero attached hydrogens (tertiary/aromatic N) is 4. The number of nitro groups is 1. The highest BCUT2D eigenvalue weighted by molar-refractivity contribution is 5.93. The fourth-order valence-electron chi connectivity index (χ4n) is 3.02. The summed E-state index contributed by atoms with van der Waals surface area (Å²) in [6.07, 6.45) is 5.45. The Morgan fingerprint density at radius 1 is 1.33 bits per heavy atom. The van der Waals surface area contributed by atoms with Gasteiger partial charge in [0.05, 0.1) is 16.3 Å². The van der Waals surface area contributed by atoms with Crippen LogP contribution < -0.4 is 5.32 Å². The van der Waals surface area contributed by atoms with Crippen molar-refractivity contribution in [2.45, 2.75) is 45.1 Å². The van der Waals surface area contributed by atoms with Gasteiger partial charge in [-0.15, -0.1) is 5.10 Å². The summed E-state index contributed by atoms with van der Waals surface area (Å²) in [6.45, 7) is 1.73. The van der Waals surface area contributed by atoms with Gasteiger partial charge in [0.1, 0.15) is 0 Å². The average Bonchev–Trinajstić information content (AvgIpc) is 2.97. The van der Waals surface area contributed by atoms with Crippen LogP contribution in [0.4, 0.5) is 5.69 Å². The minimum atomic E-state index is -0.466. The standard InChI is InChI=1S/C16H19N5O3/c1-11-15(16(22)17-12-6-3-2-4-7-12)18-19-20(11)13-8-5-9-14(10-13)21(23)24/h5,8-10,12H,2-4,6-7H2,1H3,(H,17,22). The minimum absolute atomic E-state index is 0.0318. The molecule has 0 aliphatic heterocycles. The van der Waals surface area contributed by atoms with Crippen molar-refractivity contribution in [1.29, 1.82) is 0 Å². The van der Waals surface area contributed by atoms with E-state index in [0.717, 1.165) is 25.7 Å². The lowest BCUT2D eigenvalue weighted by Gasteiger charge is -2.22. The van der Waals surface area contributed by atoms with Crippen LogP contribution >= 0.6 is 0 Å². The first-order chi connectivity index (χ1) is 11.6. The van der Waals surface area contributed by atoms with E-state index in [4.69, 9.17) is 0 Å². The summed E-state index contributed by atoms with van der Waals surface area (Å²) < 4.78 is 1.45. The molecule has 0 unspecified atom stereocenters. The zero-order valence-electron chi connectivity index (χ0n) is 13.4. The molecule has 1 aliphatic carbocycles. The zero-order valence-corrected chi connectivity index (χ0v) is 13.4. The van der Waals surface area contributed by atoms with E-state index in [1.54, 1.807) is 19.1 Å². The van der Waals surface area contributed by atoms with Gasteiger partial charge in [0.15, 0.2) is 5.69 Å². The molecule has 1 N–H and O–H groups in total. The Morgan fingerprint density at radius 2 is 2.08 bits per heavy atom. The molecule has 1 saturated carbocycles. The molecule has 1 fully saturated rings. The number of hydrogen-bond acceptors (Lipinski definition) is 5. The number of aromatic nitrogens is 3. The van der Waals surface area contributed by atoms with Gasteiger partial charge in [0.25, 0.3) is 11.6 Å². The second kappa shape index (κ2) is 6.77. The van der Waals surface area contributed by atoms with E-state index in [-0.39, 0.29) is 23.3 Å². The molecule has 0 spiro atoms. The van der Waals surface area contributed by atoms with Gasteiger partial charge < -0.3 is 5.32 Å². The van der Waals surface area contributed by atoms with Crippen molar-refractivity contribution in [2.24, 2.45) is 0 Å². The molecule has 0 bridgehead atoms. The van der Waals surface area contributed by atoms with Gasteiger partial charge in [0.2, 0.25) is 0 Å². The molecule has 1 aromatic heterocycles. The molecule has 126 valence electrons. The van der Waals surface area contributed by atoms with Crippen molar-refractivity contribution >= 4 is 11.6 Å². The lowest BCUT2D eigenvalue weighted by atomic mass is 9.95. The monoisotopic (exact) mass is 329 g/mol. The summed E-state index contributed by atoms with van der Waals surface area (Å²) in [5, 5.41) is 21.9. The van der Waals surface area contributed by atoms with E-state index >= 15 is 0 Å². The van der Waals surface area contributed by atoms with Crippen LogP contribution in [0.25, 0.3) is 5.69 Å². The molecule has 0 saturated heterocycles. The first-order valence-electron chi connectivity index (χ1n) is 8.04. The molecule has 8 heteroatoms. The SMILES string of the molecule is Cc1c(C(=O)NC2CCCCC2)nnn1-c1cccc([N+](=O)[O-])c1. The Bertz CT molecular complexity index is 765. The molecule has 1 heterocycles. The number of amides is 1. The molecule has 1 aromatic carbocycles. The van der Waals surface area contributed by atoms with Gasteiger partial charge in [-0.25, -0.2) is 4.68 Å². The number of hydrogen-bond donors (Lipinski definition) is 1. The van der Waals surface area contributed by atoms with E-state index in [0.29, 0.717) is 11.4 Å². The Hall–Kier alpha value is -2.77. The predicted octanol–water partition coefficient (Wildman–Crippen LogP) is 2.55. The van der Waals surface area contributed by atoms with Crippen LogP contribution in [-0.2, 0) is 0 Å². The highest BCUT2D eigenvalue weighted by Crippen LogP contribution is 2.20. The zero-order chi connectivity index (χ0) is 17.1. The van der Waals surface area contributed by atoms with Crippen molar-refractivity contribution in [2.75, 3.05) is 0 Å². The van der Waals surface area contributed by atoms with Crippen molar-refractivity contribution in [3.05, 3.63) is 45.8 Å². The number of rotatable bonds is 4. The van der Waals surface area contributed by atoms with E-state index in [1.807, 2.05) is 0 Å². The maximum atomic E-state index is 12.4. The summed E-state index contributed by atoms with van der Waals surface area (Å²) in [7, 11) is 0. The molecule has 1 aliphatic rings. The molecule has 0 atom stereocenters. The molecule has 8 nitrogen and oxygen atoms in total. The van der Waals surface area contributed by atoms with Gasteiger partial charge in [0, 0.05) is 18.2 Å². The van der Waals surface area contributed by atoms with Crippen molar-refractivity contribution in [3.8, 4) is 5.69 Å². The van der Waals surface area contributed by atoms with Gasteiger partial charge in [-0.05, 0) is 25.8 Å². The van der Waals surface area contributed by atoms with Gasteiger partial charge in [-0.3, -0.25) is 14.9 Å². The number of benzene rings is 1. The third-order valence-electron chi connectivity index (χ3n) is 4.34. The summed E-state index contributed by atoms with van der Waals surface area (Å²) in [5.41, 5.74) is 1.29. The molecule has 2 aromatic rings. The Kier molecular flexibility index (Phi) is 4.54. The third kappa shape index (κ3) is 3.27. The van der Waals surface area contributed by atoms with E-state index in [9.17, 15) is 14.9 Å². The number of non-ortho nitro benzene ring substituents is 1. The van der Waals surface area contributed by atoms with Gasteiger partial charge >= 0.3 is 0 Å². The minimum Gasteiger partial charge on any atom is -0.348 e. The molecule has 0 radical (unpaired) electrons. The van der Waals surface area contributed by atoms with Crippen LogP contribution in [-0.4, -0.2) is 31.9 Å². The first kappa shape index (κ1) is 16.1. The lowest BCUT2D eigenvalue weighted by molar-refractivity contribution is -0.384. The number of nitrogens with one attached hydrogen (secondary N) is 1. The molecule has 3 rings (SSSR count). The highest BCUT2D eigenvalue weighted by atomic mass is 16.6. The highest BCUT2D eigenvalue weighted by Gasteiger charge is 2.22. The van der Waals surface area contributed by atoms with E-state index in [1.165, 1.54) is 23.2 Å². The van der Waals surface area contributed by atoms with Crippen LogP contribution in [0.15, 0.2) is 24.3 Å². The van der Waals surface area contributed by atoms with E-state index in [2.05, 4.69) is 15.6 Å². The summed E-state index contributed by atoms with van der Waals surface area (Å²) >= 11 is 0. The smallest absolute Gasteiger partial charge is 0.273 e. The second-order valence-corrected chi connectivity index (χ2v) is 6.02. The predicted molar refractivity (Wildman–Crippen MR) is 87.1 cm³/mol. The summed E-state index contributed by atoms with van der Waals surface area (Å²) in [4.78, 5) is 22.9. The number of carbonyl (C=O) groups is 1. The Balaban J connectivity index is 1.81. The lowest BCUT2D eigenvalue weighted by Crippen LogP contribution is -2.36. The van der Waals surface area contributed by atoms with Crippen molar-refractivity contribution in [3.63, 3.8) is 0 Å². The second-order valence-electron chi connectivity index (χ2n) is 6.02. The van der Waals surface area contributed by atoms with Crippen molar-refractivity contribution < 1.29 is 9.72 Å². The third-order valence-corrected chi connectivity index (χ3v) is 4.34. The largest absolute Gasteiger partial charge is 0.348 e. The van der Waals surface area contributed by atoms with Crippen LogP contribution in [0.1, 0.15) is 48.3 Å². The van der Waals surface area contributed by atoms with Gasteiger partial charge in [-0.2, -0.15) is 0 Å². The topological polar surface area (TPSA) is 103 Å². The quantitative estimate of drug-likeness (QED) is 0.686. The number of carbonyl (C=O) groups excluding carboxylic acids is 1. The van der Waals surface area contributed by atoms with E-state index < -0.39 is 4.92 Å². The maximum absolute atomic E-state index is 12.4. The summed E-state index contributed by atoms with van der Waals surface area (Å²) in [5.74, 6) is -0.240. The average molecular weight is 329 g/mol. The number of nitro benzene ring substituents is 1. The Morgan fingerprint density at radius 3 is 2.79 bits per heavy atom. The van der Waals surface area contributed by atoms with Crippen LogP contribution in [0.2, 0.25) is 0 Å². The van der Waals surface area contributed by atoms with Crippen molar-refractivity contribution in [1.82, 2.24) is 20.3 Å². The first-order valence-corrected chi connectivity index (χ1v) is 8.04. The fraction of sp³-hybridized carbons (Fsp3) is 0.438.